The summed E-state index contributed by atoms with van der Waals surface area (Å²) < 4.78 is 0. The highest BCUT2D eigenvalue weighted by Crippen LogP contribution is 2.51. The number of carbonyl (C=O) groups is 1. The summed E-state index contributed by atoms with van der Waals surface area (Å²) in [5.74, 6) is 4.06. The number of nitrogens with zero attached hydrogens (tertiary/aromatic N) is 2. The Kier molecular flexibility index (Phi) is 6.88. The van der Waals surface area contributed by atoms with Crippen LogP contribution in [0.25, 0.3) is 27.9 Å². The number of rotatable bonds is 5. The molecule has 2 aromatic heterocycles. The van der Waals surface area contributed by atoms with Gasteiger partial charge in [0.1, 0.15) is 0 Å². The zero-order valence-electron chi connectivity index (χ0n) is 23.2. The van der Waals surface area contributed by atoms with Crippen molar-refractivity contribution in [2.45, 2.75) is 72.1 Å². The molecule has 0 spiro atoms. The Labute approximate surface area is 231 Å². The number of carbonyl (C=O) groups excluding carboxylic acids is 1. The number of aromatic amines is 1. The van der Waals surface area contributed by atoms with Gasteiger partial charge in [-0.05, 0) is 78.9 Å². The van der Waals surface area contributed by atoms with Crippen molar-refractivity contribution in [1.29, 1.82) is 0 Å². The number of H-pyrrole nitrogens is 1. The third-order valence-corrected chi connectivity index (χ3v) is 10.1. The highest BCUT2D eigenvalue weighted by molar-refractivity contribution is 6.33. The minimum atomic E-state index is 0.140. The van der Waals surface area contributed by atoms with E-state index in [0.29, 0.717) is 17.5 Å². The maximum Gasteiger partial charge on any atom is 0.219 e. The molecule has 1 aliphatic heterocycles. The smallest absolute Gasteiger partial charge is 0.219 e. The van der Waals surface area contributed by atoms with Crippen LogP contribution in [0, 0.1) is 23.7 Å². The van der Waals surface area contributed by atoms with E-state index in [9.17, 15) is 4.79 Å². The first-order valence-electron chi connectivity index (χ1n) is 14.6. The van der Waals surface area contributed by atoms with Gasteiger partial charge in [0.25, 0.3) is 0 Å². The second-order valence-corrected chi connectivity index (χ2v) is 12.7. The van der Waals surface area contributed by atoms with E-state index in [1.807, 2.05) is 4.90 Å². The first-order chi connectivity index (χ1) is 18.3. The molecule has 1 amide bonds. The average Bonchev–Trinajstić information content (AvgIpc) is 3.58. The van der Waals surface area contributed by atoms with Crippen molar-refractivity contribution in [3.8, 4) is 11.3 Å². The molecule has 0 radical (unpaired) electrons. The van der Waals surface area contributed by atoms with Crippen molar-refractivity contribution in [2.24, 2.45) is 23.7 Å². The Morgan fingerprint density at radius 2 is 1.84 bits per heavy atom. The zero-order chi connectivity index (χ0) is 26.6. The fraction of sp³-hybridized carbons (Fsp3) is 0.515. The van der Waals surface area contributed by atoms with Crippen LogP contribution in [0.5, 0.6) is 0 Å². The lowest BCUT2D eigenvalue weighted by Crippen LogP contribution is -2.32. The molecule has 3 aromatic rings. The van der Waals surface area contributed by atoms with Gasteiger partial charge in [-0.15, -0.1) is 0 Å². The highest BCUT2D eigenvalue weighted by atomic mass is 35.5. The van der Waals surface area contributed by atoms with Crippen LogP contribution in [0.15, 0.2) is 36.4 Å². The number of hydrogen-bond donors (Lipinski definition) is 1. The van der Waals surface area contributed by atoms with E-state index in [2.05, 4.69) is 62.2 Å². The summed E-state index contributed by atoms with van der Waals surface area (Å²) in [5.41, 5.74) is 9.27. The molecule has 4 unspecified atom stereocenters. The number of pyridine rings is 1. The lowest BCUT2D eigenvalue weighted by molar-refractivity contribution is -0.128. The lowest BCUT2D eigenvalue weighted by Gasteiger charge is -2.25. The molecular weight excluding hydrogens is 490 g/mol. The van der Waals surface area contributed by atoms with E-state index < -0.39 is 0 Å². The van der Waals surface area contributed by atoms with Crippen LogP contribution >= 0.6 is 11.6 Å². The predicted molar refractivity (Wildman–Crippen MR) is 157 cm³/mol. The Morgan fingerprint density at radius 3 is 2.53 bits per heavy atom. The average molecular weight is 530 g/mol. The van der Waals surface area contributed by atoms with E-state index in [1.54, 1.807) is 6.92 Å². The van der Waals surface area contributed by atoms with Crippen LogP contribution in [-0.4, -0.2) is 33.9 Å². The normalized spacial score (nSPS) is 25.3. The van der Waals surface area contributed by atoms with Gasteiger partial charge in [-0.2, -0.15) is 0 Å². The highest BCUT2D eigenvalue weighted by Gasteiger charge is 2.43. The molecule has 2 aliphatic carbocycles. The molecule has 5 heteroatoms. The number of hydrogen-bond acceptors (Lipinski definition) is 2. The van der Waals surface area contributed by atoms with Gasteiger partial charge in [0.15, 0.2) is 0 Å². The molecule has 0 bridgehead atoms. The fourth-order valence-corrected chi connectivity index (χ4v) is 7.99. The number of benzene rings is 1. The summed E-state index contributed by atoms with van der Waals surface area (Å²) in [6, 6.07) is 10.7. The standard InChI is InChI=1S/C33H40ClN3O/c1-19(2)31-29(17-25-10-12-26-20(3)5-11-27(25)26)35-30-18-28(34)32(36-33(30)31)24-8-6-22(7-9-24)23-13-15-37(16-14-23)21(4)38/h6-9,13,18-20,25-27,35H,5,10-12,14-17H2,1-4H3. The molecule has 200 valence electrons. The van der Waals surface area contributed by atoms with Crippen LogP contribution in [0.1, 0.15) is 82.5 Å². The van der Waals surface area contributed by atoms with Gasteiger partial charge >= 0.3 is 0 Å². The first-order valence-corrected chi connectivity index (χ1v) is 14.9. The third-order valence-electron chi connectivity index (χ3n) is 9.78. The summed E-state index contributed by atoms with van der Waals surface area (Å²) in [6.07, 6.45) is 9.77. The molecule has 1 aromatic carbocycles. The molecule has 3 aliphatic rings. The first kappa shape index (κ1) is 25.7. The quantitative estimate of drug-likeness (QED) is 0.361. The van der Waals surface area contributed by atoms with Crippen LogP contribution in [0.3, 0.4) is 0 Å². The molecule has 1 N–H and O–H groups in total. The molecule has 4 nitrogen and oxygen atoms in total. The molecule has 38 heavy (non-hydrogen) atoms. The number of halogens is 1. The summed E-state index contributed by atoms with van der Waals surface area (Å²) in [4.78, 5) is 22.5. The maximum atomic E-state index is 11.7. The maximum absolute atomic E-state index is 11.7. The van der Waals surface area contributed by atoms with Gasteiger partial charge < -0.3 is 9.88 Å². The van der Waals surface area contributed by atoms with Gasteiger partial charge in [0.2, 0.25) is 5.91 Å². The minimum absolute atomic E-state index is 0.140. The minimum Gasteiger partial charge on any atom is -0.357 e. The fourth-order valence-electron chi connectivity index (χ4n) is 7.73. The van der Waals surface area contributed by atoms with Gasteiger partial charge in [-0.3, -0.25) is 4.79 Å². The van der Waals surface area contributed by atoms with E-state index in [0.717, 1.165) is 65.3 Å². The monoisotopic (exact) mass is 529 g/mol. The van der Waals surface area contributed by atoms with Crippen molar-refractivity contribution < 1.29 is 4.79 Å². The predicted octanol–water partition coefficient (Wildman–Crippen LogP) is 8.26. The zero-order valence-corrected chi connectivity index (χ0v) is 23.9. The summed E-state index contributed by atoms with van der Waals surface area (Å²) in [5, 5.41) is 0.688. The van der Waals surface area contributed by atoms with Crippen molar-refractivity contribution in [3.63, 3.8) is 0 Å². The van der Waals surface area contributed by atoms with Crippen LogP contribution in [0.4, 0.5) is 0 Å². The molecule has 2 fully saturated rings. The number of fused-ring (bicyclic) bond motifs is 2. The topological polar surface area (TPSA) is 49.0 Å². The SMILES string of the molecule is CC(=O)N1CC=C(c2ccc(-c3nc4c(C(C)C)c(CC5CCC6C(C)CCC56)[nH]c4cc3Cl)cc2)CC1. The van der Waals surface area contributed by atoms with Crippen molar-refractivity contribution in [2.75, 3.05) is 13.1 Å². The molecule has 6 rings (SSSR count). The van der Waals surface area contributed by atoms with Gasteiger partial charge in [-0.1, -0.05) is 69.1 Å². The van der Waals surface area contributed by atoms with Gasteiger partial charge in [0, 0.05) is 36.8 Å². The molecule has 3 heterocycles. The van der Waals surface area contributed by atoms with E-state index >= 15 is 0 Å². The molecule has 0 saturated heterocycles. The Morgan fingerprint density at radius 1 is 1.11 bits per heavy atom. The van der Waals surface area contributed by atoms with Crippen LogP contribution in [-0.2, 0) is 11.2 Å². The second kappa shape index (κ2) is 10.2. The number of aromatic nitrogens is 2. The number of nitrogens with one attached hydrogen (secondary N) is 1. The Hall–Kier alpha value is -2.59. The van der Waals surface area contributed by atoms with E-state index in [-0.39, 0.29) is 5.91 Å². The van der Waals surface area contributed by atoms with Gasteiger partial charge in [0.05, 0.1) is 21.7 Å². The van der Waals surface area contributed by atoms with Crippen molar-refractivity contribution in [1.82, 2.24) is 14.9 Å². The molecular formula is C33H40ClN3O. The largest absolute Gasteiger partial charge is 0.357 e. The summed E-state index contributed by atoms with van der Waals surface area (Å²) in [7, 11) is 0. The van der Waals surface area contributed by atoms with E-state index in [4.69, 9.17) is 16.6 Å². The summed E-state index contributed by atoms with van der Waals surface area (Å²) >= 11 is 6.84. The van der Waals surface area contributed by atoms with Gasteiger partial charge in [-0.25, -0.2) is 4.98 Å². The number of amides is 1. The van der Waals surface area contributed by atoms with E-state index in [1.165, 1.54) is 48.1 Å². The van der Waals surface area contributed by atoms with Crippen molar-refractivity contribution in [3.05, 3.63) is 58.3 Å². The van der Waals surface area contributed by atoms with Crippen molar-refractivity contribution >= 4 is 34.1 Å². The van der Waals surface area contributed by atoms with Crippen LogP contribution < -0.4 is 0 Å². The molecule has 4 atom stereocenters. The summed E-state index contributed by atoms with van der Waals surface area (Å²) in [6.45, 7) is 10.1. The second-order valence-electron chi connectivity index (χ2n) is 12.3. The van der Waals surface area contributed by atoms with Crippen LogP contribution in [0.2, 0.25) is 5.02 Å². The lowest BCUT2D eigenvalue weighted by atomic mass is 9.86. The third kappa shape index (κ3) is 4.59. The Balaban J connectivity index is 1.29. The Bertz CT molecular complexity index is 1390. The molecule has 2 saturated carbocycles.